The number of ether oxygens (including phenoxy) is 2. The highest BCUT2D eigenvalue weighted by molar-refractivity contribution is 5.91. The molecular formula is C20H28O4. The lowest BCUT2D eigenvalue weighted by atomic mass is 9.93. The Morgan fingerprint density at radius 3 is 2.29 bits per heavy atom. The fourth-order valence-corrected chi connectivity index (χ4v) is 2.53. The summed E-state index contributed by atoms with van der Waals surface area (Å²) >= 11 is 0. The third-order valence-corrected chi connectivity index (χ3v) is 4.34. The van der Waals surface area contributed by atoms with Crippen LogP contribution in [0.4, 0.5) is 0 Å². The predicted molar refractivity (Wildman–Crippen MR) is 95.0 cm³/mol. The third kappa shape index (κ3) is 5.22. The van der Waals surface area contributed by atoms with Gasteiger partial charge in [0.05, 0.1) is 12.2 Å². The highest BCUT2D eigenvalue weighted by atomic mass is 16.6. The van der Waals surface area contributed by atoms with Crippen LogP contribution in [0.5, 0.6) is 0 Å². The minimum absolute atomic E-state index is 0.206. The lowest BCUT2D eigenvalue weighted by molar-refractivity contribution is -0.157. The average molecular weight is 332 g/mol. The van der Waals surface area contributed by atoms with Crippen molar-refractivity contribution in [2.75, 3.05) is 6.61 Å². The number of hydrogen-bond acceptors (Lipinski definition) is 4. The molecule has 0 aliphatic rings. The maximum atomic E-state index is 12.2. The van der Waals surface area contributed by atoms with Crippen molar-refractivity contribution >= 4 is 11.9 Å². The maximum absolute atomic E-state index is 12.2. The third-order valence-electron chi connectivity index (χ3n) is 4.34. The number of carbonyl (C=O) groups is 2. The molecule has 0 aliphatic heterocycles. The van der Waals surface area contributed by atoms with Gasteiger partial charge < -0.3 is 9.47 Å². The lowest BCUT2D eigenvalue weighted by Gasteiger charge is -2.31. The molecule has 0 heterocycles. The lowest BCUT2D eigenvalue weighted by Crippen LogP contribution is -2.35. The number of rotatable bonds is 8. The van der Waals surface area contributed by atoms with Crippen molar-refractivity contribution in [1.82, 2.24) is 0 Å². The SMILES string of the molecule is C=C(C)C(=O)OC(CC)(CC)CCOC(=O)c1ccc(C)cc1C. The molecular weight excluding hydrogens is 304 g/mol. The molecule has 4 nitrogen and oxygen atoms in total. The van der Waals surface area contributed by atoms with Gasteiger partial charge in [0.15, 0.2) is 0 Å². The van der Waals surface area contributed by atoms with Crippen LogP contribution in [0, 0.1) is 13.8 Å². The van der Waals surface area contributed by atoms with E-state index in [2.05, 4.69) is 6.58 Å². The Kier molecular flexibility index (Phi) is 7.20. The summed E-state index contributed by atoms with van der Waals surface area (Å²) in [4.78, 5) is 24.1. The maximum Gasteiger partial charge on any atom is 0.338 e. The van der Waals surface area contributed by atoms with Crippen LogP contribution in [0.1, 0.15) is 61.5 Å². The summed E-state index contributed by atoms with van der Waals surface area (Å²) in [7, 11) is 0. The van der Waals surface area contributed by atoms with Crippen LogP contribution in [0.2, 0.25) is 0 Å². The summed E-state index contributed by atoms with van der Waals surface area (Å²) < 4.78 is 11.0. The first-order chi connectivity index (χ1) is 11.2. The zero-order chi connectivity index (χ0) is 18.3. The molecule has 0 unspecified atom stereocenters. The van der Waals surface area contributed by atoms with Crippen molar-refractivity contribution in [2.45, 2.75) is 59.5 Å². The fraction of sp³-hybridized carbons (Fsp3) is 0.500. The van der Waals surface area contributed by atoms with Crippen molar-refractivity contribution in [2.24, 2.45) is 0 Å². The second-order valence-corrected chi connectivity index (χ2v) is 6.26. The van der Waals surface area contributed by atoms with Gasteiger partial charge in [-0.1, -0.05) is 38.1 Å². The number of esters is 2. The van der Waals surface area contributed by atoms with Gasteiger partial charge >= 0.3 is 11.9 Å². The molecule has 0 spiro atoms. The first-order valence-electron chi connectivity index (χ1n) is 8.38. The zero-order valence-corrected chi connectivity index (χ0v) is 15.4. The quantitative estimate of drug-likeness (QED) is 0.518. The van der Waals surface area contributed by atoms with E-state index in [9.17, 15) is 9.59 Å². The largest absolute Gasteiger partial charge is 0.462 e. The molecule has 132 valence electrons. The Morgan fingerprint density at radius 1 is 1.17 bits per heavy atom. The van der Waals surface area contributed by atoms with Gasteiger partial charge in [-0.2, -0.15) is 0 Å². The Bertz CT molecular complexity index is 612. The van der Waals surface area contributed by atoms with Gasteiger partial charge in [0.1, 0.15) is 5.60 Å². The van der Waals surface area contributed by atoms with E-state index in [4.69, 9.17) is 9.47 Å². The Morgan fingerprint density at radius 2 is 1.79 bits per heavy atom. The van der Waals surface area contributed by atoms with E-state index < -0.39 is 11.6 Å². The molecule has 0 atom stereocenters. The number of carbonyl (C=O) groups excluding carboxylic acids is 2. The highest BCUT2D eigenvalue weighted by Crippen LogP contribution is 2.26. The van der Waals surface area contributed by atoms with Crippen LogP contribution in [0.15, 0.2) is 30.4 Å². The summed E-state index contributed by atoms with van der Waals surface area (Å²) in [5.41, 5.74) is 2.31. The van der Waals surface area contributed by atoms with Crippen molar-refractivity contribution in [3.8, 4) is 0 Å². The zero-order valence-electron chi connectivity index (χ0n) is 15.4. The van der Waals surface area contributed by atoms with Crippen molar-refractivity contribution < 1.29 is 19.1 Å². The highest BCUT2D eigenvalue weighted by Gasteiger charge is 2.31. The number of hydrogen-bond donors (Lipinski definition) is 0. The van der Waals surface area contributed by atoms with Gasteiger partial charge in [0.25, 0.3) is 0 Å². The van der Waals surface area contributed by atoms with Crippen LogP contribution in [-0.4, -0.2) is 24.1 Å². The first kappa shape index (κ1) is 19.9. The molecule has 1 aromatic rings. The van der Waals surface area contributed by atoms with E-state index in [-0.39, 0.29) is 12.6 Å². The molecule has 0 saturated carbocycles. The van der Waals surface area contributed by atoms with E-state index in [0.29, 0.717) is 30.4 Å². The van der Waals surface area contributed by atoms with Crippen LogP contribution in [0.25, 0.3) is 0 Å². The molecule has 24 heavy (non-hydrogen) atoms. The van der Waals surface area contributed by atoms with E-state index in [1.165, 1.54) is 0 Å². The smallest absolute Gasteiger partial charge is 0.338 e. The van der Waals surface area contributed by atoms with Crippen molar-refractivity contribution in [1.29, 1.82) is 0 Å². The Hall–Kier alpha value is -2.10. The van der Waals surface area contributed by atoms with Gasteiger partial charge in [0.2, 0.25) is 0 Å². The molecule has 0 amide bonds. The monoisotopic (exact) mass is 332 g/mol. The van der Waals surface area contributed by atoms with Gasteiger partial charge in [-0.3, -0.25) is 0 Å². The minimum Gasteiger partial charge on any atom is -0.462 e. The van der Waals surface area contributed by atoms with Crippen LogP contribution >= 0.6 is 0 Å². The molecule has 0 saturated heterocycles. The van der Waals surface area contributed by atoms with Crippen LogP contribution in [-0.2, 0) is 14.3 Å². The second kappa shape index (κ2) is 8.67. The fourth-order valence-electron chi connectivity index (χ4n) is 2.53. The van der Waals surface area contributed by atoms with Gasteiger partial charge in [-0.15, -0.1) is 0 Å². The molecule has 0 bridgehead atoms. The topological polar surface area (TPSA) is 52.6 Å². The summed E-state index contributed by atoms with van der Waals surface area (Å²) in [5.74, 6) is -0.751. The molecule has 0 fully saturated rings. The van der Waals surface area contributed by atoms with Gasteiger partial charge in [-0.25, -0.2) is 9.59 Å². The molecule has 1 aromatic carbocycles. The standard InChI is InChI=1S/C20H28O4/c1-7-20(8-2,24-18(21)14(3)4)11-12-23-19(22)17-10-9-15(5)13-16(17)6/h9-10,13H,3,7-8,11-12H2,1-2,4-6H3. The minimum atomic E-state index is -0.626. The molecule has 0 radical (unpaired) electrons. The van der Waals surface area contributed by atoms with Crippen LogP contribution < -0.4 is 0 Å². The van der Waals surface area contributed by atoms with Crippen molar-refractivity contribution in [3.05, 3.63) is 47.0 Å². The van der Waals surface area contributed by atoms with Gasteiger partial charge in [0, 0.05) is 12.0 Å². The van der Waals surface area contributed by atoms with E-state index in [0.717, 1.165) is 11.1 Å². The second-order valence-electron chi connectivity index (χ2n) is 6.26. The average Bonchev–Trinajstić information content (AvgIpc) is 2.53. The van der Waals surface area contributed by atoms with E-state index in [1.807, 2.05) is 39.8 Å². The normalized spacial score (nSPS) is 11.0. The summed E-state index contributed by atoms with van der Waals surface area (Å²) in [6.07, 6.45) is 1.78. The molecule has 4 heteroatoms. The Balaban J connectivity index is 2.69. The summed E-state index contributed by atoms with van der Waals surface area (Å²) in [5, 5.41) is 0. The summed E-state index contributed by atoms with van der Waals surface area (Å²) in [6, 6.07) is 5.62. The van der Waals surface area contributed by atoms with Crippen molar-refractivity contribution in [3.63, 3.8) is 0 Å². The number of benzene rings is 1. The first-order valence-corrected chi connectivity index (χ1v) is 8.38. The predicted octanol–water partition coefficient (Wildman–Crippen LogP) is 4.53. The molecule has 1 rings (SSSR count). The van der Waals surface area contributed by atoms with Gasteiger partial charge in [-0.05, 0) is 45.2 Å². The Labute approximate surface area is 144 Å². The summed E-state index contributed by atoms with van der Waals surface area (Å²) in [6.45, 7) is 13.2. The molecule has 0 N–H and O–H groups in total. The van der Waals surface area contributed by atoms with E-state index in [1.54, 1.807) is 13.0 Å². The molecule has 0 aliphatic carbocycles. The number of aryl methyl sites for hydroxylation is 2. The van der Waals surface area contributed by atoms with E-state index >= 15 is 0 Å². The van der Waals surface area contributed by atoms with Crippen LogP contribution in [0.3, 0.4) is 0 Å². The molecule has 0 aromatic heterocycles.